The van der Waals surface area contributed by atoms with E-state index in [1.54, 1.807) is 12.3 Å². The number of nitrogens with zero attached hydrogens (tertiary/aromatic N) is 3. The van der Waals surface area contributed by atoms with Gasteiger partial charge in [0, 0.05) is 41.8 Å². The Morgan fingerprint density at radius 3 is 2.97 bits per heavy atom. The standard InChI is InChI=1S/C30H35ClN4O2/c1-5-26(36)35-14-6-7-20-10-11-21(17-24(20)35)27-28-23(31)12-13-32-30(28)33-29(27)22-9-8-19(2)25(18-22)37-16-15-34(3)4/h5,8-13,17-19,25-26,36H,1,6-7,14-16H2,2-4H3,(H,32,33). The zero-order valence-corrected chi connectivity index (χ0v) is 22.5. The van der Waals surface area contributed by atoms with Gasteiger partial charge in [0.25, 0.3) is 0 Å². The number of aromatic nitrogens is 2. The Morgan fingerprint density at radius 2 is 2.19 bits per heavy atom. The third-order valence-corrected chi connectivity index (χ3v) is 7.60. The first-order valence-corrected chi connectivity index (χ1v) is 13.3. The molecule has 0 saturated carbocycles. The van der Waals surface area contributed by atoms with Gasteiger partial charge >= 0.3 is 0 Å². The Kier molecular flexibility index (Phi) is 7.54. The van der Waals surface area contributed by atoms with Crippen LogP contribution in [0.15, 0.2) is 61.3 Å². The van der Waals surface area contributed by atoms with Crippen molar-refractivity contribution in [3.8, 4) is 11.1 Å². The van der Waals surface area contributed by atoms with Gasteiger partial charge in [-0.2, -0.15) is 0 Å². The highest BCUT2D eigenvalue weighted by Crippen LogP contribution is 2.42. The van der Waals surface area contributed by atoms with Crippen molar-refractivity contribution < 1.29 is 9.84 Å². The second-order valence-electron chi connectivity index (χ2n) is 10.2. The van der Waals surface area contributed by atoms with Crippen molar-refractivity contribution in [1.82, 2.24) is 14.9 Å². The van der Waals surface area contributed by atoms with Crippen LogP contribution < -0.4 is 4.90 Å². The minimum Gasteiger partial charge on any atom is -0.372 e. The van der Waals surface area contributed by atoms with Crippen molar-refractivity contribution in [3.63, 3.8) is 0 Å². The molecule has 0 radical (unpaired) electrons. The van der Waals surface area contributed by atoms with Gasteiger partial charge in [-0.25, -0.2) is 4.98 Å². The fraction of sp³-hybridized carbons (Fsp3) is 0.367. The molecule has 0 spiro atoms. The average Bonchev–Trinajstić information content (AvgIpc) is 3.29. The summed E-state index contributed by atoms with van der Waals surface area (Å²) in [5.74, 6) is 0.276. The van der Waals surface area contributed by atoms with E-state index in [2.05, 4.69) is 78.9 Å². The third kappa shape index (κ3) is 5.12. The zero-order chi connectivity index (χ0) is 26.1. The van der Waals surface area contributed by atoms with Crippen LogP contribution in [0.4, 0.5) is 5.69 Å². The minimum absolute atomic E-state index is 0.0237. The molecule has 0 saturated heterocycles. The summed E-state index contributed by atoms with van der Waals surface area (Å²) in [5, 5.41) is 12.2. The van der Waals surface area contributed by atoms with E-state index in [4.69, 9.17) is 16.3 Å². The van der Waals surface area contributed by atoms with Crippen molar-refractivity contribution in [2.45, 2.75) is 32.1 Å². The van der Waals surface area contributed by atoms with Crippen molar-refractivity contribution in [3.05, 3.63) is 77.6 Å². The Morgan fingerprint density at radius 1 is 1.35 bits per heavy atom. The highest BCUT2D eigenvalue weighted by atomic mass is 35.5. The van der Waals surface area contributed by atoms with Gasteiger partial charge in [0.2, 0.25) is 0 Å². The summed E-state index contributed by atoms with van der Waals surface area (Å²) in [7, 11) is 4.10. The maximum Gasteiger partial charge on any atom is 0.145 e. The Bertz CT molecular complexity index is 1360. The van der Waals surface area contributed by atoms with Crippen LogP contribution in [0, 0.1) is 5.92 Å². The van der Waals surface area contributed by atoms with Crippen molar-refractivity contribution in [2.75, 3.05) is 38.7 Å². The molecule has 1 aromatic carbocycles. The quantitative estimate of drug-likeness (QED) is 0.376. The Hall–Kier alpha value is -2.90. The van der Waals surface area contributed by atoms with Crippen LogP contribution in [0.5, 0.6) is 0 Å². The molecule has 194 valence electrons. The molecular formula is C30H35ClN4O2. The Balaban J connectivity index is 1.63. The summed E-state index contributed by atoms with van der Waals surface area (Å²) in [6, 6.07) is 8.31. The van der Waals surface area contributed by atoms with Crippen LogP contribution in [0.1, 0.15) is 24.6 Å². The predicted octanol–water partition coefficient (Wildman–Crippen LogP) is 5.68. The number of nitrogens with one attached hydrogen (secondary N) is 1. The number of halogens is 1. The molecule has 3 aromatic rings. The molecule has 2 N–H and O–H groups in total. The van der Waals surface area contributed by atoms with E-state index in [-0.39, 0.29) is 12.0 Å². The molecule has 0 fully saturated rings. The molecule has 37 heavy (non-hydrogen) atoms. The number of aromatic amines is 1. The summed E-state index contributed by atoms with van der Waals surface area (Å²) in [6.45, 7) is 8.30. The van der Waals surface area contributed by atoms with Gasteiger partial charge in [-0.3, -0.25) is 0 Å². The largest absolute Gasteiger partial charge is 0.372 e. The SMILES string of the molecule is C=CC(O)N1CCCc2ccc(-c3c(C4=CC(OCCN(C)C)C(C)C=C4)[nH]c4nccc(Cl)c34)cc21. The van der Waals surface area contributed by atoms with E-state index < -0.39 is 6.23 Å². The molecule has 0 bridgehead atoms. The molecule has 2 aromatic heterocycles. The van der Waals surface area contributed by atoms with Crippen molar-refractivity contribution in [1.29, 1.82) is 0 Å². The lowest BCUT2D eigenvalue weighted by Gasteiger charge is -2.34. The van der Waals surface area contributed by atoms with Crippen LogP contribution in [0.3, 0.4) is 0 Å². The van der Waals surface area contributed by atoms with Crippen LogP contribution in [-0.4, -0.2) is 66.1 Å². The zero-order valence-electron chi connectivity index (χ0n) is 21.7. The first-order valence-electron chi connectivity index (χ1n) is 12.9. The van der Waals surface area contributed by atoms with Gasteiger partial charge in [0.15, 0.2) is 0 Å². The molecule has 0 amide bonds. The molecule has 2 aliphatic rings. The lowest BCUT2D eigenvalue weighted by Crippen LogP contribution is -2.37. The summed E-state index contributed by atoms with van der Waals surface area (Å²) < 4.78 is 6.26. The highest BCUT2D eigenvalue weighted by Gasteiger charge is 2.26. The molecule has 1 aliphatic carbocycles. The van der Waals surface area contributed by atoms with E-state index in [0.29, 0.717) is 11.6 Å². The third-order valence-electron chi connectivity index (χ3n) is 7.28. The normalized spacial score (nSPS) is 20.3. The number of rotatable bonds is 8. The van der Waals surface area contributed by atoms with Crippen molar-refractivity contribution in [2.24, 2.45) is 5.92 Å². The number of hydrogen-bond donors (Lipinski definition) is 2. The summed E-state index contributed by atoms with van der Waals surface area (Å²) in [6.07, 6.45) is 11.1. The maximum absolute atomic E-state index is 10.6. The van der Waals surface area contributed by atoms with Crippen LogP contribution in [-0.2, 0) is 11.2 Å². The molecule has 7 heteroatoms. The molecule has 6 nitrogen and oxygen atoms in total. The predicted molar refractivity (Wildman–Crippen MR) is 153 cm³/mol. The van der Waals surface area contributed by atoms with Crippen LogP contribution in [0.2, 0.25) is 5.02 Å². The van der Waals surface area contributed by atoms with E-state index >= 15 is 0 Å². The fourth-order valence-corrected chi connectivity index (χ4v) is 5.47. The fourth-order valence-electron chi connectivity index (χ4n) is 5.23. The topological polar surface area (TPSA) is 64.6 Å². The second-order valence-corrected chi connectivity index (χ2v) is 10.6. The monoisotopic (exact) mass is 518 g/mol. The van der Waals surface area contributed by atoms with Gasteiger partial charge < -0.3 is 24.6 Å². The number of pyridine rings is 1. The average molecular weight is 519 g/mol. The number of hydrogen-bond acceptors (Lipinski definition) is 5. The molecule has 3 unspecified atom stereocenters. The van der Waals surface area contributed by atoms with Crippen molar-refractivity contribution >= 4 is 33.9 Å². The van der Waals surface area contributed by atoms with Gasteiger partial charge in [-0.1, -0.05) is 49.4 Å². The smallest absolute Gasteiger partial charge is 0.145 e. The molecule has 3 heterocycles. The first-order chi connectivity index (χ1) is 17.9. The number of benzene rings is 1. The van der Waals surface area contributed by atoms with Crippen LogP contribution in [0.25, 0.3) is 27.7 Å². The molecule has 3 atom stereocenters. The number of likely N-dealkylation sites (N-methyl/N-ethyl adjacent to an activating group) is 1. The van der Waals surface area contributed by atoms with Gasteiger partial charge in [0.1, 0.15) is 11.9 Å². The molecule has 1 aliphatic heterocycles. The lowest BCUT2D eigenvalue weighted by molar-refractivity contribution is 0.0527. The highest BCUT2D eigenvalue weighted by molar-refractivity contribution is 6.36. The summed E-state index contributed by atoms with van der Waals surface area (Å²) in [4.78, 5) is 12.3. The number of allylic oxidation sites excluding steroid dienone is 2. The minimum atomic E-state index is -0.729. The van der Waals surface area contributed by atoms with Gasteiger partial charge in [-0.05, 0) is 67.9 Å². The molecular weight excluding hydrogens is 484 g/mol. The Labute approximate surface area is 223 Å². The van der Waals surface area contributed by atoms with E-state index in [0.717, 1.165) is 65.0 Å². The number of H-pyrrole nitrogens is 1. The number of ether oxygens (including phenoxy) is 1. The molecule has 5 rings (SSSR count). The number of anilines is 1. The maximum atomic E-state index is 10.6. The van der Waals surface area contributed by atoms with E-state index in [9.17, 15) is 5.11 Å². The summed E-state index contributed by atoms with van der Waals surface area (Å²) in [5.41, 5.74) is 7.05. The number of fused-ring (bicyclic) bond motifs is 2. The first kappa shape index (κ1) is 25.7. The summed E-state index contributed by atoms with van der Waals surface area (Å²) >= 11 is 6.77. The van der Waals surface area contributed by atoms with Gasteiger partial charge in [-0.15, -0.1) is 0 Å². The number of aliphatic hydroxyl groups excluding tert-OH is 1. The lowest BCUT2D eigenvalue weighted by atomic mass is 9.90. The number of aryl methyl sites for hydroxylation is 1. The van der Waals surface area contributed by atoms with Gasteiger partial charge in [0.05, 0.1) is 23.4 Å². The second kappa shape index (κ2) is 10.8. The van der Waals surface area contributed by atoms with E-state index in [1.807, 2.05) is 11.0 Å². The van der Waals surface area contributed by atoms with Crippen LogP contribution >= 0.6 is 11.6 Å². The van der Waals surface area contributed by atoms with E-state index in [1.165, 1.54) is 5.56 Å². The number of aliphatic hydroxyl groups is 1.